The minimum atomic E-state index is -2.37. The Kier molecular flexibility index (Phi) is 5.77. The third-order valence-corrected chi connectivity index (χ3v) is 2.47. The van der Waals surface area contributed by atoms with Crippen LogP contribution in [0.25, 0.3) is 0 Å². The second-order valence-electron chi connectivity index (χ2n) is 4.03. The first kappa shape index (κ1) is 14.3. The molecule has 0 N–H and O–H groups in total. The highest BCUT2D eigenvalue weighted by Crippen LogP contribution is 2.09. The summed E-state index contributed by atoms with van der Waals surface area (Å²) in [5.74, 6) is 1.01. The highest BCUT2D eigenvalue weighted by atomic mass is 35.5. The molecule has 0 fully saturated rings. The minimum Gasteiger partial charge on any atom is -0.289 e. The molecule has 0 spiro atoms. The summed E-state index contributed by atoms with van der Waals surface area (Å²) in [5.41, 5.74) is 0. The molecule has 98 valence electrons. The molecule has 0 aromatic carbocycles. The number of rotatable bonds is 7. The third kappa shape index (κ3) is 4.55. The third-order valence-electron chi connectivity index (χ3n) is 2.30. The van der Waals surface area contributed by atoms with Gasteiger partial charge in [-0.2, -0.15) is 5.10 Å². The summed E-state index contributed by atoms with van der Waals surface area (Å²) < 4.78 is 26.5. The van der Waals surface area contributed by atoms with Crippen LogP contribution in [0.3, 0.4) is 0 Å². The predicted octanol–water partition coefficient (Wildman–Crippen LogP) is 2.16. The van der Waals surface area contributed by atoms with Gasteiger partial charge in [-0.05, 0) is 13.8 Å². The number of nitrogens with zero attached hydrogens (tertiary/aromatic N) is 4. The van der Waals surface area contributed by atoms with Crippen LogP contribution < -0.4 is 0 Å². The van der Waals surface area contributed by atoms with E-state index in [2.05, 4.69) is 10.1 Å². The fourth-order valence-corrected chi connectivity index (χ4v) is 1.81. The summed E-state index contributed by atoms with van der Waals surface area (Å²) in [7, 11) is 0. The molecule has 1 aromatic heterocycles. The van der Waals surface area contributed by atoms with Gasteiger partial charge in [0.1, 0.15) is 12.2 Å². The first-order valence-corrected chi connectivity index (χ1v) is 6.03. The summed E-state index contributed by atoms with van der Waals surface area (Å²) in [6.07, 6.45) is -0.926. The van der Waals surface area contributed by atoms with Crippen molar-refractivity contribution in [2.75, 3.05) is 19.0 Å². The molecule has 0 unspecified atom stereocenters. The van der Waals surface area contributed by atoms with Gasteiger partial charge in [-0.25, -0.2) is 18.4 Å². The molecule has 0 aliphatic rings. The van der Waals surface area contributed by atoms with Crippen LogP contribution in [0.2, 0.25) is 0 Å². The Hall–Kier alpha value is -0.750. The number of aromatic nitrogens is 3. The van der Waals surface area contributed by atoms with Gasteiger partial charge >= 0.3 is 0 Å². The number of alkyl halides is 3. The molecule has 7 heteroatoms. The van der Waals surface area contributed by atoms with Crippen molar-refractivity contribution in [3.63, 3.8) is 0 Å². The zero-order chi connectivity index (χ0) is 12.8. The second kappa shape index (κ2) is 6.86. The average molecular weight is 267 g/mol. The maximum atomic E-state index is 12.4. The molecule has 4 nitrogen and oxygen atoms in total. The topological polar surface area (TPSA) is 34.0 Å². The molecule has 0 radical (unpaired) electrons. The van der Waals surface area contributed by atoms with Crippen LogP contribution >= 0.6 is 11.6 Å². The summed E-state index contributed by atoms with van der Waals surface area (Å²) in [6, 6.07) is 0.164. The van der Waals surface area contributed by atoms with Gasteiger partial charge in [-0.1, -0.05) is 0 Å². The van der Waals surface area contributed by atoms with Gasteiger partial charge in [-0.15, -0.1) is 11.6 Å². The van der Waals surface area contributed by atoms with Gasteiger partial charge in [0.15, 0.2) is 0 Å². The quantitative estimate of drug-likeness (QED) is 0.710. The first-order valence-electron chi connectivity index (χ1n) is 5.49. The Bertz CT molecular complexity index is 330. The second-order valence-corrected chi connectivity index (χ2v) is 4.41. The van der Waals surface area contributed by atoms with Crippen molar-refractivity contribution in [3.8, 4) is 0 Å². The van der Waals surface area contributed by atoms with Gasteiger partial charge < -0.3 is 0 Å². The lowest BCUT2D eigenvalue weighted by Gasteiger charge is -2.21. The largest absolute Gasteiger partial charge is 0.289 e. The monoisotopic (exact) mass is 266 g/mol. The SMILES string of the molecule is CC(C)n1ncnc1CN(CCCl)CC(F)F. The number of halogens is 3. The molecule has 0 saturated carbocycles. The van der Waals surface area contributed by atoms with Gasteiger partial charge in [0.25, 0.3) is 6.43 Å². The molecule has 0 atom stereocenters. The molecule has 0 aliphatic carbocycles. The van der Waals surface area contributed by atoms with E-state index in [-0.39, 0.29) is 12.6 Å². The van der Waals surface area contributed by atoms with E-state index in [0.717, 1.165) is 0 Å². The van der Waals surface area contributed by atoms with E-state index in [1.165, 1.54) is 6.33 Å². The van der Waals surface area contributed by atoms with E-state index >= 15 is 0 Å². The van der Waals surface area contributed by atoms with Crippen molar-refractivity contribution >= 4 is 11.6 Å². The normalized spacial score (nSPS) is 12.0. The van der Waals surface area contributed by atoms with Gasteiger partial charge in [-0.3, -0.25) is 4.90 Å². The maximum Gasteiger partial charge on any atom is 0.251 e. The standard InChI is InChI=1S/C10H17ClF2N4/c1-8(2)17-10(14-7-15-17)6-16(4-3-11)5-9(12)13/h7-9H,3-6H2,1-2H3. The van der Waals surface area contributed by atoms with Crippen molar-refractivity contribution in [1.29, 1.82) is 0 Å². The summed E-state index contributed by atoms with van der Waals surface area (Å²) >= 11 is 5.59. The van der Waals surface area contributed by atoms with Crippen molar-refractivity contribution in [2.45, 2.75) is 32.9 Å². The van der Waals surface area contributed by atoms with Gasteiger partial charge in [0.05, 0.1) is 13.1 Å². The van der Waals surface area contributed by atoms with E-state index in [0.29, 0.717) is 24.8 Å². The van der Waals surface area contributed by atoms with Gasteiger partial charge in [0.2, 0.25) is 0 Å². The van der Waals surface area contributed by atoms with Crippen LogP contribution in [-0.4, -0.2) is 45.1 Å². The van der Waals surface area contributed by atoms with E-state index in [4.69, 9.17) is 11.6 Å². The van der Waals surface area contributed by atoms with Crippen LogP contribution in [0.15, 0.2) is 6.33 Å². The minimum absolute atomic E-state index is 0.164. The Labute approximate surface area is 105 Å². The van der Waals surface area contributed by atoms with Crippen LogP contribution in [-0.2, 0) is 6.54 Å². The van der Waals surface area contributed by atoms with Crippen molar-refractivity contribution < 1.29 is 8.78 Å². The van der Waals surface area contributed by atoms with E-state index < -0.39 is 6.43 Å². The summed E-state index contributed by atoms with van der Waals surface area (Å²) in [6.45, 7) is 4.40. The van der Waals surface area contributed by atoms with Gasteiger partial charge in [0, 0.05) is 18.5 Å². The van der Waals surface area contributed by atoms with Crippen molar-refractivity contribution in [3.05, 3.63) is 12.2 Å². The molecule has 0 aliphatic heterocycles. The number of hydrogen-bond donors (Lipinski definition) is 0. The lowest BCUT2D eigenvalue weighted by Crippen LogP contribution is -2.31. The van der Waals surface area contributed by atoms with Crippen molar-refractivity contribution in [2.24, 2.45) is 0 Å². The molecule has 0 saturated heterocycles. The fourth-order valence-electron chi connectivity index (χ4n) is 1.57. The highest BCUT2D eigenvalue weighted by molar-refractivity contribution is 6.18. The number of hydrogen-bond acceptors (Lipinski definition) is 3. The average Bonchev–Trinajstić information content (AvgIpc) is 2.65. The Balaban J connectivity index is 2.67. The van der Waals surface area contributed by atoms with E-state index in [1.807, 2.05) is 13.8 Å². The van der Waals surface area contributed by atoms with Crippen LogP contribution in [0.5, 0.6) is 0 Å². The van der Waals surface area contributed by atoms with E-state index in [9.17, 15) is 8.78 Å². The van der Waals surface area contributed by atoms with E-state index in [1.54, 1.807) is 9.58 Å². The van der Waals surface area contributed by atoms with Crippen LogP contribution in [0.1, 0.15) is 25.7 Å². The molecular formula is C10H17ClF2N4. The fraction of sp³-hybridized carbons (Fsp3) is 0.800. The molecule has 0 amide bonds. The molecule has 1 rings (SSSR count). The lowest BCUT2D eigenvalue weighted by atomic mass is 10.4. The Morgan fingerprint density at radius 3 is 2.71 bits per heavy atom. The summed E-state index contributed by atoms with van der Waals surface area (Å²) in [4.78, 5) is 5.67. The van der Waals surface area contributed by atoms with Crippen molar-refractivity contribution in [1.82, 2.24) is 19.7 Å². The highest BCUT2D eigenvalue weighted by Gasteiger charge is 2.16. The molecule has 1 aromatic rings. The van der Waals surface area contributed by atoms with Crippen LogP contribution in [0, 0.1) is 0 Å². The molecule has 1 heterocycles. The lowest BCUT2D eigenvalue weighted by molar-refractivity contribution is 0.0857. The Morgan fingerprint density at radius 1 is 1.47 bits per heavy atom. The smallest absolute Gasteiger partial charge is 0.251 e. The van der Waals surface area contributed by atoms with Crippen LogP contribution in [0.4, 0.5) is 8.78 Å². The summed E-state index contributed by atoms with van der Waals surface area (Å²) in [5, 5.41) is 4.07. The molecule has 0 bridgehead atoms. The zero-order valence-corrected chi connectivity index (χ0v) is 10.7. The first-order chi connectivity index (χ1) is 8.04. The predicted molar refractivity (Wildman–Crippen MR) is 62.4 cm³/mol. The molecule has 17 heavy (non-hydrogen) atoms. The Morgan fingerprint density at radius 2 is 2.18 bits per heavy atom. The molecular weight excluding hydrogens is 250 g/mol. The zero-order valence-electron chi connectivity index (χ0n) is 9.98. The maximum absolute atomic E-state index is 12.4.